The second-order valence-electron chi connectivity index (χ2n) is 5.54. The number of rotatable bonds is 1. The Morgan fingerprint density at radius 3 is 2.76 bits per heavy atom. The van der Waals surface area contributed by atoms with Gasteiger partial charge in [-0.15, -0.1) is 0 Å². The molecule has 4 nitrogen and oxygen atoms in total. The number of hydrogen-bond donors (Lipinski definition) is 1. The van der Waals surface area contributed by atoms with Crippen LogP contribution in [0.15, 0.2) is 30.3 Å². The van der Waals surface area contributed by atoms with Crippen LogP contribution in [0.3, 0.4) is 0 Å². The van der Waals surface area contributed by atoms with Crippen molar-refractivity contribution in [3.8, 4) is 11.5 Å². The molecule has 1 N–H and O–H groups in total. The minimum absolute atomic E-state index is 0.129. The first-order valence-electron chi connectivity index (χ1n) is 7.40. The lowest BCUT2D eigenvalue weighted by Crippen LogP contribution is -2.31. The van der Waals surface area contributed by atoms with Crippen LogP contribution in [0.5, 0.6) is 11.5 Å². The lowest BCUT2D eigenvalue weighted by Gasteiger charge is -2.29. The summed E-state index contributed by atoms with van der Waals surface area (Å²) in [6, 6.07) is 10.5. The average molecular weight is 282 g/mol. The summed E-state index contributed by atoms with van der Waals surface area (Å²) in [5, 5.41) is 3.57. The van der Waals surface area contributed by atoms with E-state index in [1.807, 2.05) is 13.0 Å². The zero-order valence-corrected chi connectivity index (χ0v) is 12.1. The van der Waals surface area contributed by atoms with Crippen LogP contribution in [0.1, 0.15) is 28.6 Å². The van der Waals surface area contributed by atoms with E-state index < -0.39 is 0 Å². The number of fused-ring (bicyclic) bond motifs is 2. The molecule has 1 unspecified atom stereocenters. The second kappa shape index (κ2) is 5.04. The highest BCUT2D eigenvalue weighted by Gasteiger charge is 2.25. The van der Waals surface area contributed by atoms with Gasteiger partial charge in [0.2, 0.25) is 0 Å². The number of nitrogens with zero attached hydrogens (tertiary/aromatic N) is 1. The van der Waals surface area contributed by atoms with Gasteiger partial charge in [-0.3, -0.25) is 4.98 Å². The standard InChI is InChI=1S/C17H18N2O2/c1-11-3-2-4-14(19-11)17-13-10-16-15(20-7-8-21-16)9-12(13)5-6-18-17/h2-4,9-10,17-18H,5-8H2,1H3. The summed E-state index contributed by atoms with van der Waals surface area (Å²) in [5.74, 6) is 1.72. The Labute approximate surface area is 124 Å². The average Bonchev–Trinajstić information content (AvgIpc) is 2.52. The Hall–Kier alpha value is -2.07. The van der Waals surface area contributed by atoms with Gasteiger partial charge in [-0.05, 0) is 48.7 Å². The van der Waals surface area contributed by atoms with Gasteiger partial charge in [-0.2, -0.15) is 0 Å². The predicted molar refractivity (Wildman–Crippen MR) is 80.0 cm³/mol. The Balaban J connectivity index is 1.80. The lowest BCUT2D eigenvalue weighted by atomic mass is 9.91. The zero-order valence-electron chi connectivity index (χ0n) is 12.1. The first kappa shape index (κ1) is 12.7. The van der Waals surface area contributed by atoms with E-state index in [4.69, 9.17) is 9.47 Å². The number of benzene rings is 1. The number of pyridine rings is 1. The predicted octanol–water partition coefficient (Wildman–Crippen LogP) is 2.40. The van der Waals surface area contributed by atoms with E-state index in [9.17, 15) is 0 Å². The molecule has 21 heavy (non-hydrogen) atoms. The molecule has 0 fully saturated rings. The third-order valence-corrected chi connectivity index (χ3v) is 4.06. The molecule has 3 heterocycles. The van der Waals surface area contributed by atoms with E-state index in [0.29, 0.717) is 13.2 Å². The summed E-state index contributed by atoms with van der Waals surface area (Å²) in [5.41, 5.74) is 4.68. The molecule has 0 spiro atoms. The van der Waals surface area contributed by atoms with Gasteiger partial charge in [-0.25, -0.2) is 0 Å². The molecular formula is C17H18N2O2. The van der Waals surface area contributed by atoms with Crippen LogP contribution in [-0.4, -0.2) is 24.7 Å². The Kier molecular flexibility index (Phi) is 3.04. The third kappa shape index (κ3) is 2.25. The van der Waals surface area contributed by atoms with Crippen LogP contribution >= 0.6 is 0 Å². The van der Waals surface area contributed by atoms with E-state index >= 15 is 0 Å². The molecule has 0 aliphatic carbocycles. The summed E-state index contributed by atoms with van der Waals surface area (Å²) in [7, 11) is 0. The monoisotopic (exact) mass is 282 g/mol. The highest BCUT2D eigenvalue weighted by atomic mass is 16.6. The van der Waals surface area contributed by atoms with Crippen molar-refractivity contribution < 1.29 is 9.47 Å². The molecule has 1 aromatic carbocycles. The smallest absolute Gasteiger partial charge is 0.161 e. The molecule has 2 aromatic rings. The molecule has 0 radical (unpaired) electrons. The van der Waals surface area contributed by atoms with Crippen LogP contribution in [0, 0.1) is 6.92 Å². The molecule has 0 saturated carbocycles. The van der Waals surface area contributed by atoms with Crippen LogP contribution in [0.25, 0.3) is 0 Å². The molecule has 0 saturated heterocycles. The molecule has 0 amide bonds. The fourth-order valence-corrected chi connectivity index (χ4v) is 3.08. The number of ether oxygens (including phenoxy) is 2. The number of nitrogens with one attached hydrogen (secondary N) is 1. The minimum Gasteiger partial charge on any atom is -0.486 e. The Bertz CT molecular complexity index is 684. The van der Waals surface area contributed by atoms with Crippen LogP contribution in [0.4, 0.5) is 0 Å². The maximum Gasteiger partial charge on any atom is 0.161 e. The summed E-state index contributed by atoms with van der Waals surface area (Å²) >= 11 is 0. The largest absolute Gasteiger partial charge is 0.486 e. The van der Waals surface area contributed by atoms with Gasteiger partial charge in [-0.1, -0.05) is 6.07 Å². The number of aryl methyl sites for hydroxylation is 1. The SMILES string of the molecule is Cc1cccc(C2NCCc3cc4c(cc32)OCCO4)n1. The van der Waals surface area contributed by atoms with Crippen molar-refractivity contribution in [1.29, 1.82) is 0 Å². The first-order chi connectivity index (χ1) is 10.3. The molecule has 1 atom stereocenters. The third-order valence-electron chi connectivity index (χ3n) is 4.06. The van der Waals surface area contributed by atoms with Gasteiger partial charge in [0.25, 0.3) is 0 Å². The number of aromatic nitrogens is 1. The van der Waals surface area contributed by atoms with Crippen molar-refractivity contribution in [2.24, 2.45) is 0 Å². The van der Waals surface area contributed by atoms with Gasteiger partial charge < -0.3 is 14.8 Å². The normalized spacial score (nSPS) is 20.0. The second-order valence-corrected chi connectivity index (χ2v) is 5.54. The van der Waals surface area contributed by atoms with Gasteiger partial charge in [0.05, 0.1) is 11.7 Å². The maximum atomic E-state index is 5.72. The van der Waals surface area contributed by atoms with Crippen molar-refractivity contribution in [3.05, 3.63) is 52.8 Å². The van der Waals surface area contributed by atoms with E-state index in [-0.39, 0.29) is 6.04 Å². The summed E-state index contributed by atoms with van der Waals surface area (Å²) in [6.45, 7) is 4.23. The minimum atomic E-state index is 0.129. The van der Waals surface area contributed by atoms with Gasteiger partial charge in [0.15, 0.2) is 11.5 Å². The van der Waals surface area contributed by atoms with E-state index in [2.05, 4.69) is 34.6 Å². The highest BCUT2D eigenvalue weighted by Crippen LogP contribution is 2.38. The van der Waals surface area contributed by atoms with E-state index in [0.717, 1.165) is 35.9 Å². The van der Waals surface area contributed by atoms with Crippen LogP contribution in [0.2, 0.25) is 0 Å². The summed E-state index contributed by atoms with van der Waals surface area (Å²) in [6.07, 6.45) is 1.01. The van der Waals surface area contributed by atoms with Crippen LogP contribution in [-0.2, 0) is 6.42 Å². The van der Waals surface area contributed by atoms with E-state index in [1.54, 1.807) is 0 Å². The van der Waals surface area contributed by atoms with Crippen molar-refractivity contribution in [1.82, 2.24) is 10.3 Å². The van der Waals surface area contributed by atoms with Crippen LogP contribution < -0.4 is 14.8 Å². The molecule has 2 aliphatic rings. The molecular weight excluding hydrogens is 264 g/mol. The molecule has 0 bridgehead atoms. The van der Waals surface area contributed by atoms with Crippen molar-refractivity contribution >= 4 is 0 Å². The fraction of sp³-hybridized carbons (Fsp3) is 0.353. The molecule has 1 aromatic heterocycles. The Morgan fingerprint density at radius 1 is 1.14 bits per heavy atom. The zero-order chi connectivity index (χ0) is 14.2. The highest BCUT2D eigenvalue weighted by molar-refractivity contribution is 5.51. The topological polar surface area (TPSA) is 43.4 Å². The molecule has 2 aliphatic heterocycles. The van der Waals surface area contributed by atoms with Crippen molar-refractivity contribution in [2.75, 3.05) is 19.8 Å². The Morgan fingerprint density at radius 2 is 1.95 bits per heavy atom. The van der Waals surface area contributed by atoms with E-state index in [1.165, 1.54) is 11.1 Å². The number of hydrogen-bond acceptors (Lipinski definition) is 4. The summed E-state index contributed by atoms with van der Waals surface area (Å²) in [4.78, 5) is 4.67. The maximum absolute atomic E-state index is 5.72. The quantitative estimate of drug-likeness (QED) is 0.872. The van der Waals surface area contributed by atoms with Crippen molar-refractivity contribution in [2.45, 2.75) is 19.4 Å². The van der Waals surface area contributed by atoms with Crippen molar-refractivity contribution in [3.63, 3.8) is 0 Å². The lowest BCUT2D eigenvalue weighted by molar-refractivity contribution is 0.171. The molecule has 108 valence electrons. The van der Waals surface area contributed by atoms with Gasteiger partial charge >= 0.3 is 0 Å². The van der Waals surface area contributed by atoms with Gasteiger partial charge in [0, 0.05) is 12.2 Å². The first-order valence-corrected chi connectivity index (χ1v) is 7.40. The van der Waals surface area contributed by atoms with Gasteiger partial charge in [0.1, 0.15) is 13.2 Å². The fourth-order valence-electron chi connectivity index (χ4n) is 3.08. The molecule has 4 heteroatoms. The summed E-state index contributed by atoms with van der Waals surface area (Å²) < 4.78 is 11.4. The molecule has 4 rings (SSSR count).